The molecular weight excluding hydrogens is 350 g/mol. The van der Waals surface area contributed by atoms with E-state index in [1.54, 1.807) is 0 Å². The first-order valence-corrected chi connectivity index (χ1v) is 7.94. The van der Waals surface area contributed by atoms with Gasteiger partial charge >= 0.3 is 0 Å². The SMILES string of the molecule is Cl.NCC1CCCN1S(=O)(=O)c1c(Cl)cc(F)cc1Cl. The average molecular weight is 364 g/mol. The van der Waals surface area contributed by atoms with Gasteiger partial charge in [-0.25, -0.2) is 12.8 Å². The number of hydrogen-bond donors (Lipinski definition) is 1. The van der Waals surface area contributed by atoms with Gasteiger partial charge < -0.3 is 5.73 Å². The molecule has 0 spiro atoms. The van der Waals surface area contributed by atoms with E-state index in [4.69, 9.17) is 28.9 Å². The molecule has 1 fully saturated rings. The highest BCUT2D eigenvalue weighted by atomic mass is 35.5. The number of rotatable bonds is 3. The predicted molar refractivity (Wildman–Crippen MR) is 79.6 cm³/mol. The van der Waals surface area contributed by atoms with Crippen molar-refractivity contribution in [1.29, 1.82) is 0 Å². The maximum Gasteiger partial charge on any atom is 0.246 e. The van der Waals surface area contributed by atoms with E-state index in [0.717, 1.165) is 18.6 Å². The Morgan fingerprint density at radius 1 is 1.35 bits per heavy atom. The Kier molecular flexibility index (Phi) is 6.07. The Labute approximate surface area is 133 Å². The fourth-order valence-corrected chi connectivity index (χ4v) is 5.10. The van der Waals surface area contributed by atoms with Crippen LogP contribution in [0.1, 0.15) is 12.8 Å². The van der Waals surface area contributed by atoms with E-state index in [1.807, 2.05) is 0 Å². The van der Waals surface area contributed by atoms with Gasteiger partial charge in [-0.3, -0.25) is 0 Å². The van der Waals surface area contributed by atoms with Crippen molar-refractivity contribution in [2.45, 2.75) is 23.8 Å². The molecular formula is C11H14Cl3FN2O2S. The Bertz CT molecular complexity index is 574. The van der Waals surface area contributed by atoms with E-state index in [-0.39, 0.29) is 39.9 Å². The zero-order valence-corrected chi connectivity index (χ0v) is 13.5. The fourth-order valence-electron chi connectivity index (χ4n) is 2.25. The lowest BCUT2D eigenvalue weighted by Gasteiger charge is -2.23. The summed E-state index contributed by atoms with van der Waals surface area (Å²) in [5, 5.41) is -0.430. The van der Waals surface area contributed by atoms with Gasteiger partial charge in [-0.15, -0.1) is 12.4 Å². The summed E-state index contributed by atoms with van der Waals surface area (Å²) in [4.78, 5) is -0.252. The molecule has 0 aliphatic carbocycles. The van der Waals surface area contributed by atoms with E-state index < -0.39 is 15.8 Å². The molecule has 1 aromatic carbocycles. The number of sulfonamides is 1. The highest BCUT2D eigenvalue weighted by Gasteiger charge is 2.37. The second-order valence-electron chi connectivity index (χ2n) is 4.35. The van der Waals surface area contributed by atoms with Crippen molar-refractivity contribution in [1.82, 2.24) is 4.31 Å². The van der Waals surface area contributed by atoms with Crippen LogP contribution in [0.25, 0.3) is 0 Å². The minimum absolute atomic E-state index is 0. The molecule has 1 aliphatic heterocycles. The summed E-state index contributed by atoms with van der Waals surface area (Å²) < 4.78 is 39.5. The van der Waals surface area contributed by atoms with Crippen LogP contribution in [-0.2, 0) is 10.0 Å². The number of nitrogens with two attached hydrogens (primary N) is 1. The van der Waals surface area contributed by atoms with Crippen LogP contribution in [0.5, 0.6) is 0 Å². The molecule has 4 nitrogen and oxygen atoms in total. The van der Waals surface area contributed by atoms with E-state index in [1.165, 1.54) is 4.31 Å². The maximum absolute atomic E-state index is 13.1. The molecule has 0 radical (unpaired) electrons. The normalized spacial score (nSPS) is 19.9. The van der Waals surface area contributed by atoms with Crippen LogP contribution in [0.3, 0.4) is 0 Å². The molecule has 20 heavy (non-hydrogen) atoms. The lowest BCUT2D eigenvalue weighted by molar-refractivity contribution is 0.393. The highest BCUT2D eigenvalue weighted by Crippen LogP contribution is 2.35. The van der Waals surface area contributed by atoms with Crippen molar-refractivity contribution in [3.05, 3.63) is 28.0 Å². The number of hydrogen-bond acceptors (Lipinski definition) is 3. The van der Waals surface area contributed by atoms with Gasteiger partial charge in [0.15, 0.2) is 0 Å². The second-order valence-corrected chi connectivity index (χ2v) is 6.99. The molecule has 0 aromatic heterocycles. The van der Waals surface area contributed by atoms with Gasteiger partial charge in [-0.05, 0) is 25.0 Å². The zero-order chi connectivity index (χ0) is 14.2. The number of benzene rings is 1. The predicted octanol–water partition coefficient (Wildman–Crippen LogP) is 2.67. The average Bonchev–Trinajstić information content (AvgIpc) is 2.75. The minimum Gasteiger partial charge on any atom is -0.329 e. The minimum atomic E-state index is -3.86. The molecule has 1 heterocycles. The van der Waals surface area contributed by atoms with E-state index in [0.29, 0.717) is 13.0 Å². The lowest BCUT2D eigenvalue weighted by atomic mass is 10.2. The van der Waals surface area contributed by atoms with Crippen molar-refractivity contribution >= 4 is 45.6 Å². The summed E-state index contributed by atoms with van der Waals surface area (Å²) in [5.41, 5.74) is 5.57. The maximum atomic E-state index is 13.1. The first-order valence-electron chi connectivity index (χ1n) is 5.74. The Balaban J connectivity index is 0.00000200. The molecule has 1 saturated heterocycles. The number of halogens is 4. The van der Waals surface area contributed by atoms with Crippen LogP contribution in [0.15, 0.2) is 17.0 Å². The standard InChI is InChI=1S/C11H13Cl2FN2O2S.ClH/c12-9-4-7(14)5-10(13)11(9)19(17,18)16-3-1-2-8(16)6-15;/h4-5,8H,1-3,6,15H2;1H. The monoisotopic (exact) mass is 362 g/mol. The molecule has 1 aliphatic rings. The molecule has 0 saturated carbocycles. The molecule has 2 rings (SSSR count). The summed E-state index contributed by atoms with van der Waals surface area (Å²) >= 11 is 11.7. The van der Waals surface area contributed by atoms with Gasteiger partial charge in [0.2, 0.25) is 10.0 Å². The summed E-state index contributed by atoms with van der Waals surface area (Å²) in [6, 6.07) is 1.61. The Hall–Kier alpha value is -0.110. The lowest BCUT2D eigenvalue weighted by Crippen LogP contribution is -2.40. The van der Waals surface area contributed by atoms with Crippen LogP contribution in [0.2, 0.25) is 10.0 Å². The summed E-state index contributed by atoms with van der Waals surface area (Å²) in [7, 11) is -3.86. The van der Waals surface area contributed by atoms with E-state index in [2.05, 4.69) is 0 Å². The first kappa shape index (κ1) is 17.9. The van der Waals surface area contributed by atoms with E-state index in [9.17, 15) is 12.8 Å². The van der Waals surface area contributed by atoms with Gasteiger partial charge in [0.25, 0.3) is 0 Å². The molecule has 1 atom stereocenters. The Morgan fingerprint density at radius 3 is 2.40 bits per heavy atom. The van der Waals surface area contributed by atoms with Crippen LogP contribution in [0.4, 0.5) is 4.39 Å². The van der Waals surface area contributed by atoms with E-state index >= 15 is 0 Å². The van der Waals surface area contributed by atoms with Crippen molar-refractivity contribution in [3.63, 3.8) is 0 Å². The summed E-state index contributed by atoms with van der Waals surface area (Å²) in [6.07, 6.45) is 1.43. The quantitative estimate of drug-likeness (QED) is 0.898. The Morgan fingerprint density at radius 2 is 1.90 bits per heavy atom. The smallest absolute Gasteiger partial charge is 0.246 e. The number of nitrogens with zero attached hydrogens (tertiary/aromatic N) is 1. The summed E-state index contributed by atoms with van der Waals surface area (Å²) in [6.45, 7) is 0.601. The summed E-state index contributed by atoms with van der Waals surface area (Å²) in [5.74, 6) is -0.675. The van der Waals surface area contributed by atoms with Gasteiger partial charge in [0.1, 0.15) is 10.7 Å². The molecule has 1 aromatic rings. The van der Waals surface area contributed by atoms with Gasteiger partial charge in [0.05, 0.1) is 10.0 Å². The van der Waals surface area contributed by atoms with Crippen LogP contribution in [0, 0.1) is 5.82 Å². The largest absolute Gasteiger partial charge is 0.329 e. The van der Waals surface area contributed by atoms with Crippen LogP contribution >= 0.6 is 35.6 Å². The molecule has 9 heteroatoms. The third-order valence-electron chi connectivity index (χ3n) is 3.12. The topological polar surface area (TPSA) is 63.4 Å². The third-order valence-corrected chi connectivity index (χ3v) is 6.00. The second kappa shape index (κ2) is 6.77. The van der Waals surface area contributed by atoms with Crippen LogP contribution < -0.4 is 5.73 Å². The van der Waals surface area contributed by atoms with Gasteiger partial charge in [0, 0.05) is 19.1 Å². The van der Waals surface area contributed by atoms with Crippen molar-refractivity contribution in [2.75, 3.05) is 13.1 Å². The molecule has 1 unspecified atom stereocenters. The molecule has 0 bridgehead atoms. The molecule has 0 amide bonds. The third kappa shape index (κ3) is 3.21. The zero-order valence-electron chi connectivity index (χ0n) is 10.4. The molecule has 114 valence electrons. The van der Waals surface area contributed by atoms with Crippen LogP contribution in [-0.4, -0.2) is 31.9 Å². The first-order chi connectivity index (χ1) is 8.87. The fraction of sp³-hybridized carbons (Fsp3) is 0.455. The highest BCUT2D eigenvalue weighted by molar-refractivity contribution is 7.89. The van der Waals surface area contributed by atoms with Crippen molar-refractivity contribution < 1.29 is 12.8 Å². The molecule has 2 N–H and O–H groups in total. The van der Waals surface area contributed by atoms with Crippen molar-refractivity contribution in [2.24, 2.45) is 5.73 Å². The van der Waals surface area contributed by atoms with Gasteiger partial charge in [-0.1, -0.05) is 23.2 Å². The van der Waals surface area contributed by atoms with Crippen molar-refractivity contribution in [3.8, 4) is 0 Å². The van der Waals surface area contributed by atoms with Gasteiger partial charge in [-0.2, -0.15) is 4.31 Å².